The zero-order valence-electron chi connectivity index (χ0n) is 11.7. The van der Waals surface area contributed by atoms with E-state index in [4.69, 9.17) is 4.74 Å². The summed E-state index contributed by atoms with van der Waals surface area (Å²) in [6.07, 6.45) is 4.15. The average Bonchev–Trinajstić information content (AvgIpc) is 2.24. The minimum absolute atomic E-state index is 0.327. The molecule has 0 saturated carbocycles. The third-order valence-electron chi connectivity index (χ3n) is 2.12. The fourth-order valence-corrected chi connectivity index (χ4v) is 1.35. The summed E-state index contributed by atoms with van der Waals surface area (Å²) in [6.45, 7) is 7.50. The first-order valence-electron chi connectivity index (χ1n) is 6.03. The maximum Gasteiger partial charge on any atom is 0.407 e. The SMILES string of the molecule is Cc1cc(F)cnc1C=CCNC(=O)OC(C)(C)C. The molecule has 0 aromatic carbocycles. The molecule has 1 rings (SSSR count). The van der Waals surface area contributed by atoms with E-state index >= 15 is 0 Å². The van der Waals surface area contributed by atoms with Gasteiger partial charge in [0.1, 0.15) is 11.4 Å². The van der Waals surface area contributed by atoms with Crippen molar-refractivity contribution in [2.45, 2.75) is 33.3 Å². The van der Waals surface area contributed by atoms with Crippen LogP contribution in [-0.2, 0) is 4.74 Å². The summed E-state index contributed by atoms with van der Waals surface area (Å²) in [6, 6.07) is 1.41. The molecule has 5 heteroatoms. The Morgan fingerprint density at radius 3 is 2.79 bits per heavy atom. The number of hydrogen-bond acceptors (Lipinski definition) is 3. The van der Waals surface area contributed by atoms with Gasteiger partial charge in [0.25, 0.3) is 0 Å². The second kappa shape index (κ2) is 6.31. The van der Waals surface area contributed by atoms with Gasteiger partial charge in [0.2, 0.25) is 0 Å². The number of nitrogens with zero attached hydrogens (tertiary/aromatic N) is 1. The van der Waals surface area contributed by atoms with Crippen LogP contribution in [0.3, 0.4) is 0 Å². The number of carbonyl (C=O) groups is 1. The van der Waals surface area contributed by atoms with Crippen LogP contribution in [0.5, 0.6) is 0 Å². The summed E-state index contributed by atoms with van der Waals surface area (Å²) in [7, 11) is 0. The maximum atomic E-state index is 12.8. The third kappa shape index (κ3) is 5.99. The van der Waals surface area contributed by atoms with Crippen LogP contribution in [0.15, 0.2) is 18.3 Å². The molecule has 0 atom stereocenters. The van der Waals surface area contributed by atoms with E-state index in [1.807, 2.05) is 0 Å². The molecule has 1 N–H and O–H groups in total. The Bertz CT molecular complexity index is 479. The van der Waals surface area contributed by atoms with Crippen LogP contribution in [0.4, 0.5) is 9.18 Å². The Morgan fingerprint density at radius 2 is 2.21 bits per heavy atom. The fourth-order valence-electron chi connectivity index (χ4n) is 1.35. The van der Waals surface area contributed by atoms with Crippen LogP contribution in [-0.4, -0.2) is 23.2 Å². The molecule has 1 aromatic rings. The van der Waals surface area contributed by atoms with E-state index in [0.717, 1.165) is 11.8 Å². The van der Waals surface area contributed by atoms with Crippen molar-refractivity contribution in [2.24, 2.45) is 0 Å². The van der Waals surface area contributed by atoms with Crippen LogP contribution >= 0.6 is 0 Å². The van der Waals surface area contributed by atoms with E-state index in [-0.39, 0.29) is 5.82 Å². The first-order chi connectivity index (χ1) is 8.78. The number of ether oxygens (including phenoxy) is 1. The molecule has 0 spiro atoms. The summed E-state index contributed by atoms with van der Waals surface area (Å²) < 4.78 is 17.9. The Balaban J connectivity index is 2.44. The summed E-state index contributed by atoms with van der Waals surface area (Å²) in [4.78, 5) is 15.3. The highest BCUT2D eigenvalue weighted by molar-refractivity contribution is 5.68. The van der Waals surface area contributed by atoms with E-state index in [0.29, 0.717) is 12.2 Å². The molecule has 19 heavy (non-hydrogen) atoms. The highest BCUT2D eigenvalue weighted by atomic mass is 19.1. The quantitative estimate of drug-likeness (QED) is 0.914. The highest BCUT2D eigenvalue weighted by Gasteiger charge is 2.14. The lowest BCUT2D eigenvalue weighted by atomic mass is 10.2. The van der Waals surface area contributed by atoms with Crippen molar-refractivity contribution in [2.75, 3.05) is 6.54 Å². The minimum atomic E-state index is -0.511. The highest BCUT2D eigenvalue weighted by Crippen LogP contribution is 2.08. The number of halogens is 1. The van der Waals surface area contributed by atoms with Crippen molar-refractivity contribution in [3.8, 4) is 0 Å². The van der Waals surface area contributed by atoms with Crippen molar-refractivity contribution in [3.63, 3.8) is 0 Å². The maximum absolute atomic E-state index is 12.8. The molecule has 0 saturated heterocycles. The Kier molecular flexibility index (Phi) is 5.03. The monoisotopic (exact) mass is 266 g/mol. The molecule has 104 valence electrons. The normalized spacial score (nSPS) is 11.6. The molecule has 0 bridgehead atoms. The average molecular weight is 266 g/mol. The Hall–Kier alpha value is -1.91. The summed E-state index contributed by atoms with van der Waals surface area (Å²) >= 11 is 0. The van der Waals surface area contributed by atoms with Crippen LogP contribution in [0, 0.1) is 12.7 Å². The molecule has 0 aliphatic heterocycles. The number of pyridine rings is 1. The van der Waals surface area contributed by atoms with E-state index in [2.05, 4.69) is 10.3 Å². The van der Waals surface area contributed by atoms with Gasteiger partial charge in [0.05, 0.1) is 11.9 Å². The molecular formula is C14H19FN2O2. The van der Waals surface area contributed by atoms with Gasteiger partial charge >= 0.3 is 6.09 Å². The van der Waals surface area contributed by atoms with E-state index in [1.165, 1.54) is 6.07 Å². The largest absolute Gasteiger partial charge is 0.444 e. The number of aryl methyl sites for hydroxylation is 1. The zero-order valence-corrected chi connectivity index (χ0v) is 11.7. The molecule has 1 aromatic heterocycles. The van der Waals surface area contributed by atoms with Crippen molar-refractivity contribution < 1.29 is 13.9 Å². The van der Waals surface area contributed by atoms with E-state index in [1.54, 1.807) is 39.8 Å². The summed E-state index contributed by atoms with van der Waals surface area (Å²) in [5.74, 6) is -0.360. The first-order valence-corrected chi connectivity index (χ1v) is 6.03. The van der Waals surface area contributed by atoms with Gasteiger partial charge in [-0.2, -0.15) is 0 Å². The smallest absolute Gasteiger partial charge is 0.407 e. The number of carbonyl (C=O) groups excluding carboxylic acids is 1. The summed E-state index contributed by atoms with van der Waals surface area (Å²) in [5, 5.41) is 2.59. The lowest BCUT2D eigenvalue weighted by Crippen LogP contribution is -2.32. The Morgan fingerprint density at radius 1 is 1.53 bits per heavy atom. The van der Waals surface area contributed by atoms with Gasteiger partial charge in [-0.15, -0.1) is 0 Å². The minimum Gasteiger partial charge on any atom is -0.444 e. The van der Waals surface area contributed by atoms with Gasteiger partial charge in [0.15, 0.2) is 0 Å². The van der Waals surface area contributed by atoms with Crippen LogP contribution < -0.4 is 5.32 Å². The topological polar surface area (TPSA) is 51.2 Å². The molecule has 4 nitrogen and oxygen atoms in total. The number of rotatable bonds is 3. The molecule has 0 aliphatic rings. The van der Waals surface area contributed by atoms with Crippen LogP contribution in [0.2, 0.25) is 0 Å². The number of alkyl carbamates (subject to hydrolysis) is 1. The second-order valence-corrected chi connectivity index (χ2v) is 5.14. The standard InChI is InChI=1S/C14H19FN2O2/c1-10-8-11(15)9-17-12(10)6-5-7-16-13(18)19-14(2,3)4/h5-6,8-9H,7H2,1-4H3,(H,16,18). The van der Waals surface area contributed by atoms with E-state index in [9.17, 15) is 9.18 Å². The lowest BCUT2D eigenvalue weighted by Gasteiger charge is -2.19. The number of aromatic nitrogens is 1. The van der Waals surface area contributed by atoms with Crippen molar-refractivity contribution >= 4 is 12.2 Å². The Labute approximate surface area is 112 Å². The molecule has 0 radical (unpaired) electrons. The molecule has 1 amide bonds. The molecule has 0 fully saturated rings. The molecular weight excluding hydrogens is 247 g/mol. The van der Waals surface area contributed by atoms with Crippen molar-refractivity contribution in [3.05, 3.63) is 35.4 Å². The lowest BCUT2D eigenvalue weighted by molar-refractivity contribution is 0.0534. The molecule has 1 heterocycles. The first kappa shape index (κ1) is 15.1. The number of nitrogens with one attached hydrogen (secondary N) is 1. The van der Waals surface area contributed by atoms with Crippen molar-refractivity contribution in [1.82, 2.24) is 10.3 Å². The fraction of sp³-hybridized carbons (Fsp3) is 0.429. The van der Waals surface area contributed by atoms with Gasteiger partial charge < -0.3 is 10.1 Å². The zero-order chi connectivity index (χ0) is 14.5. The number of hydrogen-bond donors (Lipinski definition) is 1. The predicted octanol–water partition coefficient (Wildman–Crippen LogP) is 3.07. The van der Waals surface area contributed by atoms with Gasteiger partial charge in [-0.25, -0.2) is 9.18 Å². The number of amides is 1. The predicted molar refractivity (Wildman–Crippen MR) is 72.2 cm³/mol. The van der Waals surface area contributed by atoms with Crippen LogP contribution in [0.1, 0.15) is 32.0 Å². The van der Waals surface area contributed by atoms with Crippen molar-refractivity contribution in [1.29, 1.82) is 0 Å². The summed E-state index contributed by atoms with van der Waals surface area (Å²) in [5.41, 5.74) is 0.906. The molecule has 0 unspecified atom stereocenters. The van der Waals surface area contributed by atoms with Gasteiger partial charge in [-0.3, -0.25) is 4.98 Å². The van der Waals surface area contributed by atoms with Crippen LogP contribution in [0.25, 0.3) is 6.08 Å². The van der Waals surface area contributed by atoms with Gasteiger partial charge in [-0.05, 0) is 45.4 Å². The van der Waals surface area contributed by atoms with Gasteiger partial charge in [-0.1, -0.05) is 6.08 Å². The molecule has 0 aliphatic carbocycles. The van der Waals surface area contributed by atoms with E-state index < -0.39 is 11.7 Å². The second-order valence-electron chi connectivity index (χ2n) is 5.14. The third-order valence-corrected chi connectivity index (χ3v) is 2.12. The van der Waals surface area contributed by atoms with Gasteiger partial charge in [0, 0.05) is 6.54 Å².